The molecular formula is C14H31NO5S. The van der Waals surface area contributed by atoms with E-state index in [0.29, 0.717) is 26.2 Å². The van der Waals surface area contributed by atoms with E-state index in [4.69, 9.17) is 9.47 Å². The van der Waals surface area contributed by atoms with Crippen LogP contribution in [0, 0.1) is 0 Å². The van der Waals surface area contributed by atoms with Gasteiger partial charge in [0, 0.05) is 12.4 Å². The van der Waals surface area contributed by atoms with Gasteiger partial charge < -0.3 is 18.5 Å². The zero-order chi connectivity index (χ0) is 16.2. The monoisotopic (exact) mass is 325 g/mol. The molecular weight excluding hydrogens is 294 g/mol. The lowest BCUT2D eigenvalue weighted by atomic mass is 10.3. The number of quaternary nitrogens is 1. The van der Waals surface area contributed by atoms with Crippen LogP contribution in [-0.4, -0.2) is 76.8 Å². The van der Waals surface area contributed by atoms with Crippen molar-refractivity contribution in [2.24, 2.45) is 0 Å². The Bertz CT molecular complexity index is 343. The Morgan fingerprint density at radius 2 is 1.52 bits per heavy atom. The summed E-state index contributed by atoms with van der Waals surface area (Å²) in [5, 5.41) is 0. The number of nitrogens with zero attached hydrogens (tertiary/aromatic N) is 1. The van der Waals surface area contributed by atoms with Crippen molar-refractivity contribution in [2.75, 3.05) is 59.4 Å². The molecule has 128 valence electrons. The van der Waals surface area contributed by atoms with Crippen molar-refractivity contribution in [3.05, 3.63) is 0 Å². The Hall–Kier alpha value is -0.210. The third kappa shape index (κ3) is 16.0. The minimum Gasteiger partial charge on any atom is -0.748 e. The molecule has 6 nitrogen and oxygen atoms in total. The van der Waals surface area contributed by atoms with Gasteiger partial charge in [-0.15, -0.1) is 0 Å². The molecule has 7 heteroatoms. The van der Waals surface area contributed by atoms with Crippen molar-refractivity contribution in [1.29, 1.82) is 0 Å². The molecule has 0 aromatic rings. The lowest BCUT2D eigenvalue weighted by Gasteiger charge is -2.29. The van der Waals surface area contributed by atoms with Crippen molar-refractivity contribution in [3.63, 3.8) is 0 Å². The van der Waals surface area contributed by atoms with Gasteiger partial charge in [0.15, 0.2) is 0 Å². The number of hydrogen-bond acceptors (Lipinski definition) is 5. The van der Waals surface area contributed by atoms with Gasteiger partial charge in [-0.2, -0.15) is 0 Å². The van der Waals surface area contributed by atoms with Crippen LogP contribution in [0.3, 0.4) is 0 Å². The molecule has 21 heavy (non-hydrogen) atoms. The third-order valence-electron chi connectivity index (χ3n) is 3.26. The third-order valence-corrected chi connectivity index (χ3v) is 4.05. The average molecular weight is 325 g/mol. The highest BCUT2D eigenvalue weighted by molar-refractivity contribution is 7.85. The second kappa shape index (κ2) is 11.4. The van der Waals surface area contributed by atoms with Gasteiger partial charge in [0.2, 0.25) is 0 Å². The number of hydrogen-bond donors (Lipinski definition) is 0. The van der Waals surface area contributed by atoms with Crippen LogP contribution in [-0.2, 0) is 19.6 Å². The molecule has 0 aromatic heterocycles. The smallest absolute Gasteiger partial charge is 0.102 e. The molecule has 0 aliphatic carbocycles. The number of likely N-dealkylation sites (N-methyl/N-ethyl adjacent to an activating group) is 1. The normalized spacial score (nSPS) is 12.8. The highest BCUT2D eigenvalue weighted by Crippen LogP contribution is 2.03. The molecule has 0 heterocycles. The van der Waals surface area contributed by atoms with Crippen molar-refractivity contribution in [1.82, 2.24) is 0 Å². The summed E-state index contributed by atoms with van der Waals surface area (Å²) in [5.74, 6) is -0.265. The average Bonchev–Trinajstić information content (AvgIpc) is 2.37. The van der Waals surface area contributed by atoms with E-state index >= 15 is 0 Å². The largest absolute Gasteiger partial charge is 0.748 e. The Labute approximate surface area is 129 Å². The number of ether oxygens (including phenoxy) is 2. The summed E-state index contributed by atoms with van der Waals surface area (Å²) in [6.45, 7) is 6.53. The molecule has 0 unspecified atom stereocenters. The fourth-order valence-corrected chi connectivity index (χ4v) is 2.37. The van der Waals surface area contributed by atoms with Crippen LogP contribution in [0.5, 0.6) is 0 Å². The fourth-order valence-electron chi connectivity index (χ4n) is 1.81. The zero-order valence-electron chi connectivity index (χ0n) is 13.7. The lowest BCUT2D eigenvalue weighted by molar-refractivity contribution is -0.890. The van der Waals surface area contributed by atoms with E-state index < -0.39 is 10.1 Å². The van der Waals surface area contributed by atoms with Gasteiger partial charge in [-0.25, -0.2) is 8.42 Å². The van der Waals surface area contributed by atoms with E-state index in [9.17, 15) is 13.0 Å². The molecule has 0 aromatic carbocycles. The first-order valence-corrected chi connectivity index (χ1v) is 9.25. The first kappa shape index (κ1) is 20.8. The summed E-state index contributed by atoms with van der Waals surface area (Å²) in [5.41, 5.74) is 0. The Balaban J connectivity index is 3.50. The van der Waals surface area contributed by atoms with Gasteiger partial charge in [0.25, 0.3) is 0 Å². The van der Waals surface area contributed by atoms with Crippen LogP contribution in [0.1, 0.15) is 32.6 Å². The molecule has 0 amide bonds. The van der Waals surface area contributed by atoms with Crippen molar-refractivity contribution in [3.8, 4) is 0 Å². The topological polar surface area (TPSA) is 75.7 Å². The second-order valence-electron chi connectivity index (χ2n) is 5.93. The summed E-state index contributed by atoms with van der Waals surface area (Å²) >= 11 is 0. The molecule has 0 aliphatic heterocycles. The minimum atomic E-state index is -4.07. The predicted molar refractivity (Wildman–Crippen MR) is 82.2 cm³/mol. The lowest BCUT2D eigenvalue weighted by Crippen LogP contribution is -2.43. The Morgan fingerprint density at radius 1 is 0.905 bits per heavy atom. The summed E-state index contributed by atoms with van der Waals surface area (Å²) in [6, 6.07) is 0. The summed E-state index contributed by atoms with van der Waals surface area (Å²) in [6.07, 6.45) is 3.39. The summed E-state index contributed by atoms with van der Waals surface area (Å²) < 4.78 is 43.2. The molecule has 0 spiro atoms. The van der Waals surface area contributed by atoms with Crippen LogP contribution in [0.25, 0.3) is 0 Å². The van der Waals surface area contributed by atoms with E-state index in [1.54, 1.807) is 0 Å². The van der Waals surface area contributed by atoms with E-state index in [-0.39, 0.29) is 5.75 Å². The Kier molecular flexibility index (Phi) is 11.3. The van der Waals surface area contributed by atoms with Gasteiger partial charge in [0.1, 0.15) is 6.54 Å². The van der Waals surface area contributed by atoms with Crippen LogP contribution >= 0.6 is 0 Å². The van der Waals surface area contributed by atoms with E-state index in [1.807, 2.05) is 0 Å². The fraction of sp³-hybridized carbons (Fsp3) is 1.00. The van der Waals surface area contributed by atoms with Crippen molar-refractivity contribution >= 4 is 10.1 Å². The van der Waals surface area contributed by atoms with Crippen LogP contribution in [0.4, 0.5) is 0 Å². The molecule has 0 bridgehead atoms. The molecule has 0 rings (SSSR count). The summed E-state index contributed by atoms with van der Waals surface area (Å²) in [7, 11) is 0.0809. The molecule has 0 N–H and O–H groups in total. The number of rotatable bonds is 14. The predicted octanol–water partition coefficient (Wildman–Crippen LogP) is 1.22. The second-order valence-corrected chi connectivity index (χ2v) is 7.45. The standard InChI is InChI=1S/C14H31NO5S/c1-4-5-10-19-12-13-20-11-9-15(2,3)8-6-7-14-21(16,17)18/h4-14H2,1-3H3. The van der Waals surface area contributed by atoms with E-state index in [2.05, 4.69) is 21.0 Å². The maximum absolute atomic E-state index is 10.5. The molecule has 0 fully saturated rings. The highest BCUT2D eigenvalue weighted by Gasteiger charge is 2.14. The van der Waals surface area contributed by atoms with Crippen LogP contribution < -0.4 is 0 Å². The maximum atomic E-state index is 10.5. The molecule has 0 radical (unpaired) electrons. The van der Waals surface area contributed by atoms with Gasteiger partial charge in [-0.3, -0.25) is 0 Å². The van der Waals surface area contributed by atoms with Crippen LogP contribution in [0.2, 0.25) is 0 Å². The first-order valence-electron chi connectivity index (χ1n) is 7.68. The van der Waals surface area contributed by atoms with E-state index in [0.717, 1.165) is 43.4 Å². The molecule has 0 saturated heterocycles. The molecule has 0 aliphatic rings. The first-order chi connectivity index (χ1) is 9.77. The Morgan fingerprint density at radius 3 is 2.10 bits per heavy atom. The van der Waals surface area contributed by atoms with Crippen molar-refractivity contribution < 1.29 is 26.9 Å². The minimum absolute atomic E-state index is 0.265. The van der Waals surface area contributed by atoms with Gasteiger partial charge in [-0.1, -0.05) is 13.3 Å². The molecule has 0 atom stereocenters. The molecule has 0 saturated carbocycles. The van der Waals surface area contributed by atoms with E-state index in [1.165, 1.54) is 0 Å². The van der Waals surface area contributed by atoms with Crippen LogP contribution in [0.15, 0.2) is 0 Å². The quantitative estimate of drug-likeness (QED) is 0.273. The maximum Gasteiger partial charge on any atom is 0.102 e. The van der Waals surface area contributed by atoms with Gasteiger partial charge in [0.05, 0.1) is 50.6 Å². The van der Waals surface area contributed by atoms with Gasteiger partial charge >= 0.3 is 0 Å². The van der Waals surface area contributed by atoms with Crippen molar-refractivity contribution in [2.45, 2.75) is 32.6 Å². The van der Waals surface area contributed by atoms with Gasteiger partial charge in [-0.05, 0) is 19.3 Å². The highest BCUT2D eigenvalue weighted by atomic mass is 32.2. The SMILES string of the molecule is CCCCOCCOCC[N+](C)(C)CCCCS(=O)(=O)[O-]. The number of unbranched alkanes of at least 4 members (excludes halogenated alkanes) is 2. The zero-order valence-corrected chi connectivity index (χ0v) is 14.5. The summed E-state index contributed by atoms with van der Waals surface area (Å²) in [4.78, 5) is 0.